The summed E-state index contributed by atoms with van der Waals surface area (Å²) in [5.41, 5.74) is 2.94. The number of carbonyl (C=O) groups is 1. The summed E-state index contributed by atoms with van der Waals surface area (Å²) in [5, 5.41) is 21.1. The maximum Gasteiger partial charge on any atom is 0.338 e. The van der Waals surface area contributed by atoms with Crippen molar-refractivity contribution in [3.63, 3.8) is 0 Å². The molecule has 5 aromatic rings. The van der Waals surface area contributed by atoms with E-state index in [1.165, 1.54) is 28.2 Å². The molecule has 0 spiro atoms. The summed E-state index contributed by atoms with van der Waals surface area (Å²) in [6, 6.07) is 10.4. The number of hydrogen-bond donors (Lipinski definition) is 1. The highest BCUT2D eigenvalue weighted by atomic mass is 35.5. The van der Waals surface area contributed by atoms with Crippen molar-refractivity contribution in [3.05, 3.63) is 80.1 Å². The summed E-state index contributed by atoms with van der Waals surface area (Å²) in [6.45, 7) is 3.89. The molecule has 0 atom stereocenters. The fourth-order valence-electron chi connectivity index (χ4n) is 4.13. The Hall–Kier alpha value is -4.33. The predicted molar refractivity (Wildman–Crippen MR) is 141 cm³/mol. The molecule has 0 amide bonds. The van der Waals surface area contributed by atoms with Gasteiger partial charge in [-0.2, -0.15) is 5.26 Å². The van der Waals surface area contributed by atoms with Crippen LogP contribution >= 0.6 is 22.9 Å². The third kappa shape index (κ3) is 4.50. The van der Waals surface area contributed by atoms with E-state index in [9.17, 15) is 14.7 Å². The van der Waals surface area contributed by atoms with Crippen LogP contribution in [0.25, 0.3) is 32.2 Å². The molecule has 0 aliphatic carbocycles. The molecule has 4 heterocycles. The van der Waals surface area contributed by atoms with Crippen molar-refractivity contribution in [1.29, 1.82) is 5.26 Å². The minimum absolute atomic E-state index is 0.141. The first-order chi connectivity index (χ1) is 17.8. The topological polar surface area (TPSA) is 131 Å². The van der Waals surface area contributed by atoms with E-state index in [-0.39, 0.29) is 30.0 Å². The molecule has 0 radical (unpaired) electrons. The van der Waals surface area contributed by atoms with Crippen LogP contribution < -0.4 is 10.3 Å². The lowest BCUT2D eigenvalue weighted by Gasteiger charge is -2.15. The molecule has 0 fully saturated rings. The summed E-state index contributed by atoms with van der Waals surface area (Å²) in [5.74, 6) is -0.0208. The number of benzene rings is 1. The number of aromatic carboxylic acids is 1. The van der Waals surface area contributed by atoms with Crippen LogP contribution in [0.3, 0.4) is 0 Å². The van der Waals surface area contributed by atoms with Gasteiger partial charge in [-0.25, -0.2) is 14.8 Å². The summed E-state index contributed by atoms with van der Waals surface area (Å²) in [7, 11) is 0. The number of ether oxygens (including phenoxy) is 1. The third-order valence-electron chi connectivity index (χ3n) is 5.83. The zero-order valence-electron chi connectivity index (χ0n) is 19.6. The third-order valence-corrected chi connectivity index (χ3v) is 7.07. The first kappa shape index (κ1) is 24.4. The van der Waals surface area contributed by atoms with Gasteiger partial charge in [0.2, 0.25) is 0 Å². The molecule has 11 heteroatoms. The van der Waals surface area contributed by atoms with Crippen LogP contribution in [-0.4, -0.2) is 37.2 Å². The largest absolute Gasteiger partial charge is 0.491 e. The first-order valence-electron chi connectivity index (χ1n) is 11.1. The average molecular weight is 532 g/mol. The van der Waals surface area contributed by atoms with Gasteiger partial charge in [0, 0.05) is 27.2 Å². The molecule has 0 bridgehead atoms. The molecular weight excluding hydrogens is 514 g/mol. The van der Waals surface area contributed by atoms with Gasteiger partial charge in [0.15, 0.2) is 0 Å². The number of rotatable bonds is 6. The number of aryl methyl sites for hydroxylation is 2. The number of carboxylic acids is 1. The predicted octanol–water partition coefficient (Wildman–Crippen LogP) is 4.99. The minimum Gasteiger partial charge on any atom is -0.491 e. The molecule has 0 aliphatic rings. The van der Waals surface area contributed by atoms with Crippen molar-refractivity contribution >= 4 is 50.0 Å². The normalized spacial score (nSPS) is 11.1. The molecule has 1 N–H and O–H groups in total. The number of nitrogens with zero attached hydrogens (tertiary/aromatic N) is 5. The zero-order chi connectivity index (χ0) is 26.3. The minimum atomic E-state index is -1.04. The van der Waals surface area contributed by atoms with E-state index in [0.717, 1.165) is 5.56 Å². The lowest BCUT2D eigenvalue weighted by molar-refractivity contribution is 0.0699. The molecule has 37 heavy (non-hydrogen) atoms. The Bertz CT molecular complexity index is 1820. The van der Waals surface area contributed by atoms with Gasteiger partial charge < -0.3 is 9.84 Å². The van der Waals surface area contributed by atoms with E-state index in [1.807, 2.05) is 12.1 Å². The Morgan fingerprint density at radius 3 is 2.78 bits per heavy atom. The van der Waals surface area contributed by atoms with Crippen LogP contribution in [-0.2, 0) is 6.54 Å². The van der Waals surface area contributed by atoms with Gasteiger partial charge in [0.25, 0.3) is 5.56 Å². The standard InChI is InChI=1S/C26H18ClN5O4S/c1-13-7-18(24-23(30-13)20(12-37-24)26(34)35)17-8-15(27)3-4-22(17)36-6-5-32-14(2)31-21-11-29-16(10-28)9-19(21)25(32)33/h3-4,7-9,11-12H,5-6H2,1-2H3,(H,34,35). The van der Waals surface area contributed by atoms with Gasteiger partial charge in [0.1, 0.15) is 29.9 Å². The SMILES string of the molecule is Cc1cc(-c2cc(Cl)ccc2OCCn2c(C)nc3cnc(C#N)cc3c2=O)c2scc(C(=O)O)c2n1. The van der Waals surface area contributed by atoms with Gasteiger partial charge in [-0.1, -0.05) is 11.6 Å². The molecule has 0 unspecified atom stereocenters. The van der Waals surface area contributed by atoms with Gasteiger partial charge in [-0.05, 0) is 44.2 Å². The van der Waals surface area contributed by atoms with Crippen LogP contribution in [0.2, 0.25) is 5.02 Å². The van der Waals surface area contributed by atoms with Crippen molar-refractivity contribution in [3.8, 4) is 22.9 Å². The van der Waals surface area contributed by atoms with Crippen molar-refractivity contribution in [2.75, 3.05) is 6.61 Å². The number of aromatic nitrogens is 4. The summed E-state index contributed by atoms with van der Waals surface area (Å²) in [4.78, 5) is 37.6. The van der Waals surface area contributed by atoms with Gasteiger partial charge in [0.05, 0.1) is 39.4 Å². The van der Waals surface area contributed by atoms with E-state index in [2.05, 4.69) is 15.0 Å². The Labute approximate surface area is 219 Å². The molecule has 5 rings (SSSR count). The highest BCUT2D eigenvalue weighted by molar-refractivity contribution is 7.18. The lowest BCUT2D eigenvalue weighted by Crippen LogP contribution is -2.26. The number of halogens is 1. The number of pyridine rings is 2. The smallest absolute Gasteiger partial charge is 0.338 e. The first-order valence-corrected chi connectivity index (χ1v) is 12.3. The lowest BCUT2D eigenvalue weighted by atomic mass is 10.0. The Balaban J connectivity index is 1.50. The zero-order valence-corrected chi connectivity index (χ0v) is 21.2. The number of hydrogen-bond acceptors (Lipinski definition) is 8. The number of nitriles is 1. The van der Waals surface area contributed by atoms with E-state index >= 15 is 0 Å². The molecule has 4 aromatic heterocycles. The molecule has 1 aromatic carbocycles. The Morgan fingerprint density at radius 2 is 2.03 bits per heavy atom. The van der Waals surface area contributed by atoms with E-state index in [1.54, 1.807) is 37.4 Å². The fourth-order valence-corrected chi connectivity index (χ4v) is 5.32. The maximum absolute atomic E-state index is 13.1. The van der Waals surface area contributed by atoms with E-state index in [0.29, 0.717) is 49.0 Å². The van der Waals surface area contributed by atoms with Crippen LogP contribution in [0.5, 0.6) is 5.75 Å². The summed E-state index contributed by atoms with van der Waals surface area (Å²) >= 11 is 7.61. The van der Waals surface area contributed by atoms with Crippen molar-refractivity contribution in [1.82, 2.24) is 19.5 Å². The van der Waals surface area contributed by atoms with E-state index < -0.39 is 5.97 Å². The van der Waals surface area contributed by atoms with Crippen LogP contribution in [0.15, 0.2) is 46.7 Å². The highest BCUT2D eigenvalue weighted by Crippen LogP contribution is 2.40. The molecule has 9 nitrogen and oxygen atoms in total. The number of thiophene rings is 1. The van der Waals surface area contributed by atoms with E-state index in [4.69, 9.17) is 21.6 Å². The summed E-state index contributed by atoms with van der Waals surface area (Å²) < 4.78 is 8.32. The van der Waals surface area contributed by atoms with Crippen molar-refractivity contribution in [2.45, 2.75) is 20.4 Å². The molecule has 0 saturated heterocycles. The Kier molecular flexibility index (Phi) is 6.33. The van der Waals surface area contributed by atoms with Gasteiger partial charge in [-0.3, -0.25) is 14.3 Å². The fraction of sp³-hybridized carbons (Fsp3) is 0.154. The van der Waals surface area contributed by atoms with Crippen molar-refractivity contribution in [2.24, 2.45) is 0 Å². The summed E-state index contributed by atoms with van der Waals surface area (Å²) in [6.07, 6.45) is 1.42. The quantitative estimate of drug-likeness (QED) is 0.324. The molecule has 0 aliphatic heterocycles. The number of fused-ring (bicyclic) bond motifs is 2. The van der Waals surface area contributed by atoms with Crippen LogP contribution in [0.4, 0.5) is 0 Å². The van der Waals surface area contributed by atoms with Crippen LogP contribution in [0.1, 0.15) is 27.6 Å². The monoisotopic (exact) mass is 531 g/mol. The number of carboxylic acid groups (broad SMARTS) is 1. The van der Waals surface area contributed by atoms with Gasteiger partial charge in [-0.15, -0.1) is 11.3 Å². The average Bonchev–Trinajstić information content (AvgIpc) is 3.30. The molecular formula is C26H18ClN5O4S. The molecule has 184 valence electrons. The second kappa shape index (κ2) is 9.61. The highest BCUT2D eigenvalue weighted by Gasteiger charge is 2.19. The van der Waals surface area contributed by atoms with Crippen LogP contribution in [0, 0.1) is 25.2 Å². The maximum atomic E-state index is 13.1. The Morgan fingerprint density at radius 1 is 1.22 bits per heavy atom. The second-order valence-corrected chi connectivity index (χ2v) is 9.56. The van der Waals surface area contributed by atoms with Crippen molar-refractivity contribution < 1.29 is 14.6 Å². The van der Waals surface area contributed by atoms with Gasteiger partial charge >= 0.3 is 5.97 Å². The molecule has 0 saturated carbocycles. The second-order valence-electron chi connectivity index (χ2n) is 8.25.